The molecular formula is C20H24N2O4S. The van der Waals surface area contributed by atoms with Gasteiger partial charge in [-0.2, -0.15) is 0 Å². The summed E-state index contributed by atoms with van der Waals surface area (Å²) in [6.45, 7) is 4.43. The van der Waals surface area contributed by atoms with Crippen LogP contribution >= 0.6 is 0 Å². The number of esters is 1. The van der Waals surface area contributed by atoms with Crippen LogP contribution in [-0.4, -0.2) is 39.8 Å². The topological polar surface area (TPSA) is 84.8 Å². The Kier molecular flexibility index (Phi) is 7.69. The molecule has 144 valence electrons. The number of ether oxygens (including phenoxy) is 1. The molecule has 1 N–H and O–H groups in total. The van der Waals surface area contributed by atoms with Crippen molar-refractivity contribution in [3.8, 4) is 0 Å². The lowest BCUT2D eigenvalue weighted by Crippen LogP contribution is -2.25. The molecule has 0 aliphatic heterocycles. The number of carbonyl (C=O) groups excluding carboxylic acids is 1. The maximum absolute atomic E-state index is 12.2. The van der Waals surface area contributed by atoms with E-state index in [0.717, 1.165) is 5.56 Å². The van der Waals surface area contributed by atoms with Gasteiger partial charge in [-0.25, -0.2) is 17.9 Å². The second-order valence-electron chi connectivity index (χ2n) is 5.88. The van der Waals surface area contributed by atoms with Crippen molar-refractivity contribution in [2.24, 2.45) is 4.99 Å². The van der Waals surface area contributed by atoms with Crippen LogP contribution in [0.4, 0.5) is 0 Å². The maximum Gasteiger partial charge on any atom is 0.357 e. The summed E-state index contributed by atoms with van der Waals surface area (Å²) in [5.74, 6) is -0.482. The third-order valence-corrected chi connectivity index (χ3v) is 5.22. The number of carbonyl (C=O) groups is 1. The molecule has 27 heavy (non-hydrogen) atoms. The molecule has 0 unspecified atom stereocenters. The van der Waals surface area contributed by atoms with Gasteiger partial charge in [0.15, 0.2) is 0 Å². The summed E-state index contributed by atoms with van der Waals surface area (Å²) in [5.41, 5.74) is 1.92. The monoisotopic (exact) mass is 388 g/mol. The Balaban J connectivity index is 1.95. The van der Waals surface area contributed by atoms with Gasteiger partial charge in [0.25, 0.3) is 0 Å². The van der Waals surface area contributed by atoms with Crippen LogP contribution in [0.3, 0.4) is 0 Å². The van der Waals surface area contributed by atoms with Gasteiger partial charge in [0, 0.05) is 18.7 Å². The minimum atomic E-state index is -3.54. The summed E-state index contributed by atoms with van der Waals surface area (Å²) in [4.78, 5) is 16.7. The van der Waals surface area contributed by atoms with E-state index in [0.29, 0.717) is 18.5 Å². The van der Waals surface area contributed by atoms with Crippen LogP contribution in [-0.2, 0) is 19.6 Å². The molecule has 0 saturated heterocycles. The second-order valence-corrected chi connectivity index (χ2v) is 7.65. The molecule has 0 spiro atoms. The number of aliphatic imine (C=N–C) groups is 1. The number of aryl methyl sites for hydroxylation is 1. The second kappa shape index (κ2) is 9.99. The molecule has 0 saturated carbocycles. The van der Waals surface area contributed by atoms with E-state index in [9.17, 15) is 13.2 Å². The van der Waals surface area contributed by atoms with Crippen molar-refractivity contribution in [3.05, 3.63) is 65.7 Å². The average molecular weight is 388 g/mol. The molecule has 0 aromatic heterocycles. The molecule has 0 aliphatic carbocycles. The zero-order chi connectivity index (χ0) is 19.7. The Hall–Kier alpha value is -2.51. The number of hydrogen-bond acceptors (Lipinski definition) is 5. The van der Waals surface area contributed by atoms with Crippen LogP contribution in [0.2, 0.25) is 0 Å². The van der Waals surface area contributed by atoms with Crippen molar-refractivity contribution in [3.63, 3.8) is 0 Å². The summed E-state index contributed by atoms with van der Waals surface area (Å²) in [5, 5.41) is 0. The lowest BCUT2D eigenvalue weighted by molar-refractivity contribution is -0.134. The first-order valence-electron chi connectivity index (χ1n) is 8.77. The van der Waals surface area contributed by atoms with E-state index >= 15 is 0 Å². The number of nitrogens with one attached hydrogen (secondary N) is 1. The molecule has 7 heteroatoms. The molecule has 0 fully saturated rings. The van der Waals surface area contributed by atoms with Gasteiger partial charge >= 0.3 is 5.97 Å². The first-order chi connectivity index (χ1) is 12.9. The highest BCUT2D eigenvalue weighted by Gasteiger charge is 2.15. The quantitative estimate of drug-likeness (QED) is 0.407. The number of benzene rings is 2. The van der Waals surface area contributed by atoms with E-state index in [1.807, 2.05) is 25.1 Å². The van der Waals surface area contributed by atoms with Gasteiger partial charge in [-0.3, -0.25) is 4.99 Å². The summed E-state index contributed by atoms with van der Waals surface area (Å²) < 4.78 is 32.1. The lowest BCUT2D eigenvalue weighted by Gasteiger charge is -2.08. The van der Waals surface area contributed by atoms with E-state index < -0.39 is 16.0 Å². The largest absolute Gasteiger partial charge is 0.461 e. The molecule has 0 heterocycles. The van der Waals surface area contributed by atoms with Crippen LogP contribution in [0.5, 0.6) is 0 Å². The van der Waals surface area contributed by atoms with Crippen molar-refractivity contribution < 1.29 is 17.9 Å². The van der Waals surface area contributed by atoms with E-state index in [2.05, 4.69) is 9.71 Å². The predicted molar refractivity (Wildman–Crippen MR) is 105 cm³/mol. The van der Waals surface area contributed by atoms with Crippen molar-refractivity contribution in [1.82, 2.24) is 4.72 Å². The third kappa shape index (κ3) is 6.30. The van der Waals surface area contributed by atoms with E-state index in [-0.39, 0.29) is 23.8 Å². The molecule has 0 aliphatic rings. The van der Waals surface area contributed by atoms with Gasteiger partial charge < -0.3 is 4.74 Å². The van der Waals surface area contributed by atoms with Crippen LogP contribution in [0.1, 0.15) is 24.5 Å². The number of hydrogen-bond donors (Lipinski definition) is 1. The number of sulfonamides is 1. The van der Waals surface area contributed by atoms with E-state index in [1.54, 1.807) is 43.3 Å². The minimum Gasteiger partial charge on any atom is -0.461 e. The summed E-state index contributed by atoms with van der Waals surface area (Å²) in [7, 11) is -3.54. The molecule has 0 radical (unpaired) electrons. The standard InChI is InChI=1S/C20H24N2O4S/c1-3-26-20(23)19(17-8-5-4-6-9-17)21-14-7-15-22-27(24,25)18-12-10-16(2)11-13-18/h4-6,8-13,22H,3,7,14-15H2,1-2H3. The molecule has 2 rings (SSSR count). The van der Waals surface area contributed by atoms with Crippen molar-refractivity contribution in [1.29, 1.82) is 0 Å². The highest BCUT2D eigenvalue weighted by atomic mass is 32.2. The van der Waals surface area contributed by atoms with Crippen molar-refractivity contribution in [2.45, 2.75) is 25.2 Å². The molecule has 0 amide bonds. The van der Waals surface area contributed by atoms with Gasteiger partial charge in [0.05, 0.1) is 11.5 Å². The van der Waals surface area contributed by atoms with Crippen molar-refractivity contribution in [2.75, 3.05) is 19.7 Å². The normalized spacial score (nSPS) is 12.0. The number of nitrogens with zero attached hydrogens (tertiary/aromatic N) is 1. The Morgan fingerprint density at radius 3 is 2.37 bits per heavy atom. The van der Waals surface area contributed by atoms with Crippen LogP contribution in [0.25, 0.3) is 0 Å². The first kappa shape index (κ1) is 20.8. The van der Waals surface area contributed by atoms with E-state index in [4.69, 9.17) is 4.74 Å². The van der Waals surface area contributed by atoms with Gasteiger partial charge in [0.2, 0.25) is 10.0 Å². The predicted octanol–water partition coefficient (Wildman–Crippen LogP) is 2.72. The Morgan fingerprint density at radius 1 is 1.07 bits per heavy atom. The molecule has 0 atom stereocenters. The third-order valence-electron chi connectivity index (χ3n) is 3.74. The van der Waals surface area contributed by atoms with Crippen LogP contribution < -0.4 is 4.72 Å². The molecule has 2 aromatic carbocycles. The summed E-state index contributed by atoms with van der Waals surface area (Å²) >= 11 is 0. The first-order valence-corrected chi connectivity index (χ1v) is 10.3. The van der Waals surface area contributed by atoms with Gasteiger partial charge in [-0.15, -0.1) is 0 Å². The van der Waals surface area contributed by atoms with Gasteiger partial charge in [-0.05, 0) is 32.4 Å². The minimum absolute atomic E-state index is 0.227. The Bertz CT molecular complexity index is 876. The average Bonchev–Trinajstić information content (AvgIpc) is 2.66. The Labute approximate surface area is 160 Å². The Morgan fingerprint density at radius 2 is 1.74 bits per heavy atom. The fourth-order valence-electron chi connectivity index (χ4n) is 2.35. The van der Waals surface area contributed by atoms with Gasteiger partial charge in [-0.1, -0.05) is 48.0 Å². The summed E-state index contributed by atoms with van der Waals surface area (Å²) in [6, 6.07) is 15.7. The zero-order valence-corrected chi connectivity index (χ0v) is 16.3. The summed E-state index contributed by atoms with van der Waals surface area (Å²) in [6.07, 6.45) is 0.459. The fourth-order valence-corrected chi connectivity index (χ4v) is 3.42. The van der Waals surface area contributed by atoms with Crippen LogP contribution in [0.15, 0.2) is 64.5 Å². The van der Waals surface area contributed by atoms with Crippen LogP contribution in [0, 0.1) is 6.92 Å². The highest BCUT2D eigenvalue weighted by molar-refractivity contribution is 7.89. The number of rotatable bonds is 9. The fraction of sp³-hybridized carbons (Fsp3) is 0.300. The lowest BCUT2D eigenvalue weighted by atomic mass is 10.1. The highest BCUT2D eigenvalue weighted by Crippen LogP contribution is 2.10. The molecule has 6 nitrogen and oxygen atoms in total. The van der Waals surface area contributed by atoms with Crippen molar-refractivity contribution >= 4 is 21.7 Å². The molecule has 0 bridgehead atoms. The zero-order valence-electron chi connectivity index (χ0n) is 15.5. The SMILES string of the molecule is CCOC(=O)C(=NCCCNS(=O)(=O)c1ccc(C)cc1)c1ccccc1. The maximum atomic E-state index is 12.2. The van der Waals surface area contributed by atoms with Gasteiger partial charge in [0.1, 0.15) is 5.71 Å². The molecule has 2 aromatic rings. The smallest absolute Gasteiger partial charge is 0.357 e. The molecular weight excluding hydrogens is 364 g/mol. The van der Waals surface area contributed by atoms with E-state index in [1.165, 1.54) is 0 Å².